The lowest BCUT2D eigenvalue weighted by Gasteiger charge is -2.16. The van der Waals surface area contributed by atoms with Crippen molar-refractivity contribution in [2.45, 2.75) is 6.54 Å². The van der Waals surface area contributed by atoms with Gasteiger partial charge in [0.2, 0.25) is 0 Å². The molecule has 0 radical (unpaired) electrons. The predicted octanol–water partition coefficient (Wildman–Crippen LogP) is 4.34. The van der Waals surface area contributed by atoms with E-state index in [1.165, 1.54) is 28.0 Å². The monoisotopic (exact) mass is 422 g/mol. The molecule has 0 fully saturated rings. The maximum atomic E-state index is 13.5. The second-order valence-corrected chi connectivity index (χ2v) is 7.67. The summed E-state index contributed by atoms with van der Waals surface area (Å²) in [5.41, 5.74) is 2.07. The van der Waals surface area contributed by atoms with Crippen LogP contribution in [0.3, 0.4) is 0 Å². The molecule has 4 rings (SSSR count). The number of para-hydroxylation sites is 1. The number of nitrogens with zero attached hydrogens (tertiary/aromatic N) is 1. The van der Waals surface area contributed by atoms with E-state index < -0.39 is 5.91 Å². The summed E-state index contributed by atoms with van der Waals surface area (Å²) in [5.74, 6) is -0.0982. The van der Waals surface area contributed by atoms with Crippen LogP contribution < -0.4 is 15.6 Å². The molecule has 1 amide bonds. The number of hydrogen-bond donors (Lipinski definition) is 1. The topological polar surface area (TPSA) is 60.3 Å². The Hall–Kier alpha value is -3.45. The van der Waals surface area contributed by atoms with Gasteiger partial charge in [-0.25, -0.2) is 4.39 Å². The molecule has 2 heterocycles. The number of rotatable bonds is 5. The summed E-state index contributed by atoms with van der Waals surface area (Å²) >= 11 is 1.32. The zero-order valence-corrected chi connectivity index (χ0v) is 17.3. The van der Waals surface area contributed by atoms with Crippen LogP contribution in [0.15, 0.2) is 64.8 Å². The van der Waals surface area contributed by atoms with E-state index >= 15 is 0 Å². The fourth-order valence-corrected chi connectivity index (χ4v) is 4.38. The van der Waals surface area contributed by atoms with E-state index in [0.717, 1.165) is 5.56 Å². The maximum absolute atomic E-state index is 13.5. The second kappa shape index (κ2) is 8.12. The number of benzene rings is 2. The van der Waals surface area contributed by atoms with E-state index in [1.54, 1.807) is 26.3 Å². The number of aromatic nitrogens is 1. The largest absolute Gasteiger partial charge is 0.496 e. The molecule has 0 saturated carbocycles. The van der Waals surface area contributed by atoms with Crippen molar-refractivity contribution in [3.8, 4) is 16.9 Å². The number of fused-ring (bicyclic) bond motifs is 1. The molecule has 0 aliphatic carbocycles. The van der Waals surface area contributed by atoms with E-state index in [-0.39, 0.29) is 23.6 Å². The van der Waals surface area contributed by atoms with E-state index in [1.807, 2.05) is 35.7 Å². The molecular weight excluding hydrogens is 403 g/mol. The highest BCUT2D eigenvalue weighted by atomic mass is 32.1. The fraction of sp³-hybridized carbons (Fsp3) is 0.130. The summed E-state index contributed by atoms with van der Waals surface area (Å²) in [7, 11) is 3.15. The number of hydrogen-bond acceptors (Lipinski definition) is 4. The minimum absolute atomic E-state index is 0.229. The SMILES string of the molecule is COc1ccccc1CNC(=O)c1c(-c2ccc(F)cc2)c2ccsc2c(=O)n1C. The van der Waals surface area contributed by atoms with Crippen LogP contribution in [-0.2, 0) is 13.6 Å². The zero-order chi connectivity index (χ0) is 21.3. The van der Waals surface area contributed by atoms with Gasteiger partial charge in [0.05, 0.1) is 7.11 Å². The van der Waals surface area contributed by atoms with Gasteiger partial charge in [-0.15, -0.1) is 11.3 Å². The van der Waals surface area contributed by atoms with Crippen LogP contribution in [-0.4, -0.2) is 17.6 Å². The number of amides is 1. The van der Waals surface area contributed by atoms with Crippen molar-refractivity contribution < 1.29 is 13.9 Å². The fourth-order valence-electron chi connectivity index (χ4n) is 3.50. The molecular formula is C23H19FN2O3S. The van der Waals surface area contributed by atoms with E-state index in [4.69, 9.17) is 4.74 Å². The Bertz CT molecular complexity index is 1290. The van der Waals surface area contributed by atoms with E-state index in [9.17, 15) is 14.0 Å². The lowest BCUT2D eigenvalue weighted by molar-refractivity contribution is 0.0942. The molecule has 0 spiro atoms. The lowest BCUT2D eigenvalue weighted by Crippen LogP contribution is -2.31. The highest BCUT2D eigenvalue weighted by Gasteiger charge is 2.22. The number of ether oxygens (including phenoxy) is 1. The first-order valence-electron chi connectivity index (χ1n) is 9.27. The average Bonchev–Trinajstić information content (AvgIpc) is 3.25. The molecule has 0 aliphatic heterocycles. The van der Waals surface area contributed by atoms with Crippen molar-refractivity contribution in [3.63, 3.8) is 0 Å². The maximum Gasteiger partial charge on any atom is 0.268 e. The number of thiophene rings is 1. The van der Waals surface area contributed by atoms with Crippen LogP contribution in [0.5, 0.6) is 5.75 Å². The third kappa shape index (κ3) is 3.48. The Labute approximate surface area is 176 Å². The number of methoxy groups -OCH3 is 1. The van der Waals surface area contributed by atoms with Crippen molar-refractivity contribution in [3.05, 3.63) is 87.4 Å². The third-order valence-electron chi connectivity index (χ3n) is 4.99. The smallest absolute Gasteiger partial charge is 0.268 e. The molecule has 4 aromatic rings. The second-order valence-electron chi connectivity index (χ2n) is 6.75. The van der Waals surface area contributed by atoms with Crippen LogP contribution in [0.25, 0.3) is 21.2 Å². The number of nitrogens with one attached hydrogen (secondary N) is 1. The first-order valence-corrected chi connectivity index (χ1v) is 10.2. The van der Waals surface area contributed by atoms with Gasteiger partial charge in [-0.2, -0.15) is 0 Å². The zero-order valence-electron chi connectivity index (χ0n) is 16.4. The first-order chi connectivity index (χ1) is 14.5. The van der Waals surface area contributed by atoms with Gasteiger partial charge in [0.15, 0.2) is 0 Å². The third-order valence-corrected chi connectivity index (χ3v) is 5.89. The molecule has 0 bridgehead atoms. The van der Waals surface area contributed by atoms with Crippen LogP contribution in [0.1, 0.15) is 16.1 Å². The van der Waals surface area contributed by atoms with Crippen LogP contribution in [0.4, 0.5) is 4.39 Å². The normalized spacial score (nSPS) is 10.9. The van der Waals surface area contributed by atoms with Crippen molar-refractivity contribution >= 4 is 27.3 Å². The highest BCUT2D eigenvalue weighted by Crippen LogP contribution is 2.33. The van der Waals surface area contributed by atoms with E-state index in [0.29, 0.717) is 27.0 Å². The van der Waals surface area contributed by atoms with Gasteiger partial charge >= 0.3 is 0 Å². The van der Waals surface area contributed by atoms with Gasteiger partial charge in [0, 0.05) is 30.1 Å². The van der Waals surface area contributed by atoms with Gasteiger partial charge in [-0.05, 0) is 35.2 Å². The van der Waals surface area contributed by atoms with Crippen LogP contribution in [0, 0.1) is 5.82 Å². The quantitative estimate of drug-likeness (QED) is 0.520. The summed E-state index contributed by atoms with van der Waals surface area (Å²) < 4.78 is 20.7. The molecule has 2 aromatic carbocycles. The Balaban J connectivity index is 1.82. The molecule has 0 unspecified atom stereocenters. The molecule has 7 heteroatoms. The predicted molar refractivity (Wildman–Crippen MR) is 117 cm³/mol. The van der Waals surface area contributed by atoms with Gasteiger partial charge < -0.3 is 14.6 Å². The Morgan fingerprint density at radius 3 is 2.60 bits per heavy atom. The summed E-state index contributed by atoms with van der Waals surface area (Å²) in [6.07, 6.45) is 0. The molecule has 0 atom stereocenters. The Morgan fingerprint density at radius 2 is 1.87 bits per heavy atom. The average molecular weight is 422 g/mol. The summed E-state index contributed by atoms with van der Waals surface area (Å²) in [4.78, 5) is 26.1. The molecule has 2 aromatic heterocycles. The molecule has 30 heavy (non-hydrogen) atoms. The van der Waals surface area contributed by atoms with Crippen molar-refractivity contribution in [1.82, 2.24) is 9.88 Å². The number of halogens is 1. The highest BCUT2D eigenvalue weighted by molar-refractivity contribution is 7.17. The summed E-state index contributed by atoms with van der Waals surface area (Å²) in [6, 6.07) is 15.1. The van der Waals surface area contributed by atoms with Crippen LogP contribution in [0.2, 0.25) is 0 Å². The molecule has 152 valence electrons. The number of carbonyl (C=O) groups is 1. The summed E-state index contributed by atoms with van der Waals surface area (Å²) in [6.45, 7) is 0.238. The van der Waals surface area contributed by atoms with E-state index in [2.05, 4.69) is 5.32 Å². The first kappa shape index (κ1) is 19.8. The Morgan fingerprint density at radius 1 is 1.13 bits per heavy atom. The minimum Gasteiger partial charge on any atom is -0.496 e. The van der Waals surface area contributed by atoms with Crippen molar-refractivity contribution in [2.75, 3.05) is 7.11 Å². The summed E-state index contributed by atoms with van der Waals surface area (Å²) in [5, 5.41) is 5.38. The lowest BCUT2D eigenvalue weighted by atomic mass is 9.99. The molecule has 5 nitrogen and oxygen atoms in total. The van der Waals surface area contributed by atoms with Gasteiger partial charge in [-0.1, -0.05) is 30.3 Å². The van der Waals surface area contributed by atoms with Gasteiger partial charge in [0.1, 0.15) is 22.0 Å². The Kier molecular flexibility index (Phi) is 5.37. The minimum atomic E-state index is -0.395. The number of carbonyl (C=O) groups excluding carboxylic acids is 1. The number of pyridine rings is 1. The molecule has 1 N–H and O–H groups in total. The van der Waals surface area contributed by atoms with Gasteiger partial charge in [-0.3, -0.25) is 9.59 Å². The van der Waals surface area contributed by atoms with Crippen LogP contribution >= 0.6 is 11.3 Å². The standard InChI is InChI=1S/C23H19FN2O3S/c1-26-20(22(27)25-13-15-5-3-4-6-18(15)29-2)19(14-7-9-16(24)10-8-14)17-11-12-30-21(17)23(26)28/h3-12H,13H2,1-2H3,(H,25,27). The van der Waals surface area contributed by atoms with Crippen molar-refractivity contribution in [1.29, 1.82) is 0 Å². The molecule has 0 aliphatic rings. The van der Waals surface area contributed by atoms with Gasteiger partial charge in [0.25, 0.3) is 11.5 Å². The molecule has 0 saturated heterocycles. The van der Waals surface area contributed by atoms with Crippen molar-refractivity contribution in [2.24, 2.45) is 7.05 Å².